The van der Waals surface area contributed by atoms with Crippen molar-refractivity contribution in [2.24, 2.45) is 0 Å². The molecule has 6 heteroatoms. The van der Waals surface area contributed by atoms with Gasteiger partial charge in [-0.25, -0.2) is 4.79 Å². The fourth-order valence-corrected chi connectivity index (χ4v) is 2.87. The van der Waals surface area contributed by atoms with Crippen molar-refractivity contribution in [3.8, 4) is 6.07 Å². The van der Waals surface area contributed by atoms with Gasteiger partial charge < -0.3 is 9.67 Å². The monoisotopic (exact) mass is 381 g/mol. The minimum Gasteiger partial charge on any atom is -0.477 e. The van der Waals surface area contributed by atoms with E-state index in [0.717, 1.165) is 21.1 Å². The number of benzene rings is 1. The first-order valence-electron chi connectivity index (χ1n) is 7.12. The quantitative estimate of drug-likeness (QED) is 0.549. The van der Waals surface area contributed by atoms with Crippen molar-refractivity contribution < 1.29 is 9.90 Å². The highest BCUT2D eigenvalue weighted by molar-refractivity contribution is 9.10. The molecular weight excluding hydrogens is 370 g/mol. The van der Waals surface area contributed by atoms with E-state index < -0.39 is 5.97 Å². The molecule has 0 amide bonds. The first-order valence-corrected chi connectivity index (χ1v) is 7.91. The Morgan fingerprint density at radius 3 is 2.88 bits per heavy atom. The summed E-state index contributed by atoms with van der Waals surface area (Å²) < 4.78 is 2.88. The molecule has 0 atom stereocenters. The van der Waals surface area contributed by atoms with Crippen molar-refractivity contribution in [2.75, 3.05) is 0 Å². The van der Waals surface area contributed by atoms with Crippen LogP contribution in [-0.4, -0.2) is 20.6 Å². The number of hydrogen-bond donors (Lipinski definition) is 1. The number of halogens is 1. The summed E-state index contributed by atoms with van der Waals surface area (Å²) in [4.78, 5) is 15.4. The molecule has 5 nitrogen and oxygen atoms in total. The third kappa shape index (κ3) is 3.21. The van der Waals surface area contributed by atoms with Gasteiger partial charge in [-0.3, -0.25) is 4.98 Å². The normalized spacial score (nSPS) is 11.4. The summed E-state index contributed by atoms with van der Waals surface area (Å²) in [7, 11) is 0. The molecule has 2 aromatic heterocycles. The van der Waals surface area contributed by atoms with E-state index in [-0.39, 0.29) is 5.57 Å². The summed E-state index contributed by atoms with van der Waals surface area (Å²) in [5, 5.41) is 19.0. The largest absolute Gasteiger partial charge is 0.477 e. The van der Waals surface area contributed by atoms with Crippen molar-refractivity contribution in [3.05, 3.63) is 70.1 Å². The van der Waals surface area contributed by atoms with Crippen LogP contribution in [0.4, 0.5) is 0 Å². The molecule has 0 saturated heterocycles. The van der Waals surface area contributed by atoms with E-state index in [9.17, 15) is 4.79 Å². The number of aliphatic carboxylic acids is 1. The van der Waals surface area contributed by atoms with Crippen LogP contribution in [-0.2, 0) is 11.3 Å². The highest BCUT2D eigenvalue weighted by atomic mass is 79.9. The number of aromatic nitrogens is 2. The summed E-state index contributed by atoms with van der Waals surface area (Å²) in [6.07, 6.45) is 4.97. The van der Waals surface area contributed by atoms with Gasteiger partial charge in [0.1, 0.15) is 11.6 Å². The molecule has 0 bridgehead atoms. The van der Waals surface area contributed by atoms with Gasteiger partial charge in [-0.1, -0.05) is 22.0 Å². The maximum absolute atomic E-state index is 11.1. The third-order valence-corrected chi connectivity index (χ3v) is 4.08. The Labute approximate surface area is 146 Å². The first-order chi connectivity index (χ1) is 11.6. The molecule has 0 radical (unpaired) electrons. The lowest BCUT2D eigenvalue weighted by Gasteiger charge is -2.04. The van der Waals surface area contributed by atoms with Crippen LogP contribution in [0.3, 0.4) is 0 Å². The van der Waals surface area contributed by atoms with Crippen LogP contribution in [0.2, 0.25) is 0 Å². The number of nitrogens with zero attached hydrogens (tertiary/aromatic N) is 3. The average Bonchev–Trinajstić information content (AvgIpc) is 2.90. The molecule has 1 N–H and O–H groups in total. The molecule has 0 aliphatic carbocycles. The van der Waals surface area contributed by atoms with Crippen molar-refractivity contribution in [2.45, 2.75) is 6.54 Å². The molecule has 3 rings (SSSR count). The van der Waals surface area contributed by atoms with Crippen LogP contribution >= 0.6 is 15.9 Å². The molecule has 1 aromatic carbocycles. The molecule has 118 valence electrons. The Kier molecular flexibility index (Phi) is 4.45. The predicted molar refractivity (Wildman–Crippen MR) is 94.2 cm³/mol. The number of carboxylic acid groups (broad SMARTS) is 1. The second kappa shape index (κ2) is 6.69. The van der Waals surface area contributed by atoms with E-state index in [1.807, 2.05) is 47.2 Å². The fraction of sp³-hybridized carbons (Fsp3) is 0.0556. The lowest BCUT2D eigenvalue weighted by molar-refractivity contribution is -0.132. The van der Waals surface area contributed by atoms with Crippen LogP contribution in [0.5, 0.6) is 0 Å². The van der Waals surface area contributed by atoms with E-state index in [2.05, 4.69) is 20.9 Å². The van der Waals surface area contributed by atoms with Crippen LogP contribution in [0.15, 0.2) is 58.8 Å². The van der Waals surface area contributed by atoms with Crippen molar-refractivity contribution in [1.29, 1.82) is 5.26 Å². The van der Waals surface area contributed by atoms with E-state index in [0.29, 0.717) is 12.1 Å². The first kappa shape index (κ1) is 16.0. The van der Waals surface area contributed by atoms with Crippen molar-refractivity contribution in [3.63, 3.8) is 0 Å². The van der Waals surface area contributed by atoms with Gasteiger partial charge >= 0.3 is 5.97 Å². The lowest BCUT2D eigenvalue weighted by Crippen LogP contribution is -1.99. The topological polar surface area (TPSA) is 78.9 Å². The second-order valence-corrected chi connectivity index (χ2v) is 6.09. The molecule has 0 spiro atoms. The smallest absolute Gasteiger partial charge is 0.346 e. The molecule has 0 saturated carbocycles. The summed E-state index contributed by atoms with van der Waals surface area (Å²) in [5.74, 6) is -1.24. The summed E-state index contributed by atoms with van der Waals surface area (Å²) >= 11 is 3.43. The Bertz CT molecular complexity index is 985. The molecule has 24 heavy (non-hydrogen) atoms. The number of rotatable bonds is 4. The highest BCUT2D eigenvalue weighted by Gasteiger charge is 2.12. The Morgan fingerprint density at radius 1 is 1.38 bits per heavy atom. The number of hydrogen-bond acceptors (Lipinski definition) is 3. The Morgan fingerprint density at radius 2 is 2.21 bits per heavy atom. The van der Waals surface area contributed by atoms with E-state index in [1.54, 1.807) is 12.3 Å². The minimum atomic E-state index is -1.24. The fourth-order valence-electron chi connectivity index (χ4n) is 2.51. The minimum absolute atomic E-state index is 0.299. The highest BCUT2D eigenvalue weighted by Crippen LogP contribution is 2.27. The number of carbonyl (C=O) groups is 1. The molecule has 2 heterocycles. The zero-order valence-corrected chi connectivity index (χ0v) is 14.1. The second-order valence-electron chi connectivity index (χ2n) is 5.17. The standard InChI is InChI=1S/C18H12BrN3O2/c19-14-4-5-17-16(8-14)13(7-12(9-20)18(23)24)10-22(17)11-15-3-1-2-6-21-15/h1-8,10H,11H2,(H,23,24)/b12-7+. The van der Waals surface area contributed by atoms with Gasteiger partial charge in [-0.2, -0.15) is 5.26 Å². The number of fused-ring (bicyclic) bond motifs is 1. The maximum Gasteiger partial charge on any atom is 0.346 e. The average molecular weight is 382 g/mol. The van der Waals surface area contributed by atoms with Gasteiger partial charge in [0.15, 0.2) is 0 Å². The summed E-state index contributed by atoms with van der Waals surface area (Å²) in [6, 6.07) is 13.2. The van der Waals surface area contributed by atoms with Crippen LogP contribution < -0.4 is 0 Å². The molecule has 0 aliphatic rings. The van der Waals surface area contributed by atoms with Crippen molar-refractivity contribution >= 4 is 38.9 Å². The lowest BCUT2D eigenvalue weighted by atomic mass is 10.1. The van der Waals surface area contributed by atoms with Crippen molar-refractivity contribution in [1.82, 2.24) is 9.55 Å². The van der Waals surface area contributed by atoms with Crippen LogP contribution in [0, 0.1) is 11.3 Å². The van der Waals surface area contributed by atoms with Gasteiger partial charge in [0.25, 0.3) is 0 Å². The van der Waals surface area contributed by atoms with Gasteiger partial charge in [0.2, 0.25) is 0 Å². The van der Waals surface area contributed by atoms with Gasteiger partial charge in [-0.05, 0) is 36.4 Å². The van der Waals surface area contributed by atoms with Crippen LogP contribution in [0.25, 0.3) is 17.0 Å². The molecule has 0 fully saturated rings. The summed E-state index contributed by atoms with van der Waals surface area (Å²) in [5.41, 5.74) is 2.22. The zero-order chi connectivity index (χ0) is 17.1. The molecule has 0 unspecified atom stereocenters. The maximum atomic E-state index is 11.1. The van der Waals surface area contributed by atoms with Gasteiger partial charge in [-0.15, -0.1) is 0 Å². The predicted octanol–water partition coefficient (Wildman–Crippen LogP) is 3.84. The molecule has 3 aromatic rings. The van der Waals surface area contributed by atoms with E-state index in [1.165, 1.54) is 6.08 Å². The number of carboxylic acids is 1. The van der Waals surface area contributed by atoms with Gasteiger partial charge in [0, 0.05) is 33.3 Å². The van der Waals surface area contributed by atoms with E-state index >= 15 is 0 Å². The number of nitriles is 1. The van der Waals surface area contributed by atoms with Crippen LogP contribution in [0.1, 0.15) is 11.3 Å². The van der Waals surface area contributed by atoms with Gasteiger partial charge in [0.05, 0.1) is 12.2 Å². The zero-order valence-electron chi connectivity index (χ0n) is 12.5. The Balaban J connectivity index is 2.15. The molecular formula is C18H12BrN3O2. The molecule has 0 aliphatic heterocycles. The Hall–Kier alpha value is -2.91. The summed E-state index contributed by atoms with van der Waals surface area (Å²) in [6.45, 7) is 0.557. The van der Waals surface area contributed by atoms with E-state index in [4.69, 9.17) is 10.4 Å². The third-order valence-electron chi connectivity index (χ3n) is 3.58. The number of pyridine rings is 1. The SMILES string of the molecule is N#C/C(=C\c1cn(Cc2ccccn2)c2ccc(Br)cc12)C(=O)O.